The Morgan fingerprint density at radius 3 is 1.82 bits per heavy atom. The third-order valence-electron chi connectivity index (χ3n) is 10.4. The van der Waals surface area contributed by atoms with Crippen LogP contribution in [0.3, 0.4) is 0 Å². The highest BCUT2D eigenvalue weighted by Gasteiger charge is 2.60. The van der Waals surface area contributed by atoms with Crippen LogP contribution in [0.15, 0.2) is 97.1 Å². The van der Waals surface area contributed by atoms with Gasteiger partial charge in [-0.05, 0) is 157 Å². The highest BCUT2D eigenvalue weighted by Crippen LogP contribution is 2.65. The number of ether oxygens (including phenoxy) is 3. The maximum atomic E-state index is 12.6. The van der Waals surface area contributed by atoms with Crippen molar-refractivity contribution < 1.29 is 33.4 Å². The molecule has 0 amide bonds. The van der Waals surface area contributed by atoms with Gasteiger partial charge >= 0.3 is 18.1 Å². The summed E-state index contributed by atoms with van der Waals surface area (Å²) >= 11 is 0. The van der Waals surface area contributed by atoms with E-state index < -0.39 is 0 Å². The van der Waals surface area contributed by atoms with Gasteiger partial charge in [0.05, 0.1) is 17.1 Å². The van der Waals surface area contributed by atoms with Crippen molar-refractivity contribution in [3.05, 3.63) is 103 Å². The van der Waals surface area contributed by atoms with Gasteiger partial charge in [-0.15, -0.1) is 0 Å². The first kappa shape index (κ1) is 43.0. The van der Waals surface area contributed by atoms with Crippen molar-refractivity contribution in [3.63, 3.8) is 0 Å². The minimum Gasteiger partial charge on any atom is -0.488 e. The van der Waals surface area contributed by atoms with Gasteiger partial charge in [0.1, 0.15) is 17.0 Å². The van der Waals surface area contributed by atoms with E-state index in [1.807, 2.05) is 95.3 Å². The van der Waals surface area contributed by atoms with Crippen molar-refractivity contribution in [2.24, 2.45) is 22.7 Å². The van der Waals surface area contributed by atoms with Gasteiger partial charge < -0.3 is 14.2 Å². The Bertz CT molecular complexity index is 1880. The van der Waals surface area contributed by atoms with E-state index in [-0.39, 0.29) is 40.8 Å². The number of esters is 2. The van der Waals surface area contributed by atoms with Crippen molar-refractivity contribution in [1.29, 1.82) is 0 Å². The van der Waals surface area contributed by atoms with Gasteiger partial charge in [-0.2, -0.15) is 9.59 Å². The van der Waals surface area contributed by atoms with Crippen LogP contribution in [0.5, 0.6) is 5.75 Å². The van der Waals surface area contributed by atoms with Crippen molar-refractivity contribution >= 4 is 28.9 Å². The Hall–Kier alpha value is -4.74. The summed E-state index contributed by atoms with van der Waals surface area (Å²) in [5.74, 6) is 2.32. The molecule has 0 spiro atoms. The lowest BCUT2D eigenvalue weighted by Gasteiger charge is -2.60. The van der Waals surface area contributed by atoms with Gasteiger partial charge in [0.2, 0.25) is 0 Å². The molecular formula is C48H60O7. The number of carbonyl (C=O) groups excluding carboxylic acids is 4. The summed E-state index contributed by atoms with van der Waals surface area (Å²) in [5, 5.41) is 2.19. The standard InChI is InChI=1S/C16H26O2.C16H18O.C15H16O2.CO2/c1-14(2,3)18-13(17)16-8-11-5-12(9-16)7-15(4,6-11)10-16;1-16(2,3)17-15-11-9-14(10-12-15)13-7-5-4-6-8-13;1-3-11(2)17-15(16)14-9-8-12-6-4-5-7-13(12)10-14;2-1-3/h11-12H,5-10H2,1-4H3;4-12H,1-3H3;4-11H,3H2,1-2H3;. The Morgan fingerprint density at radius 1 is 0.745 bits per heavy atom. The largest absolute Gasteiger partial charge is 0.488 e. The van der Waals surface area contributed by atoms with E-state index in [2.05, 4.69) is 64.1 Å². The zero-order chi connectivity index (χ0) is 40.4. The molecule has 4 aliphatic carbocycles. The van der Waals surface area contributed by atoms with E-state index in [1.165, 1.54) is 30.4 Å². The second-order valence-electron chi connectivity index (χ2n) is 17.9. The van der Waals surface area contributed by atoms with Crippen LogP contribution in [0.25, 0.3) is 21.9 Å². The predicted octanol–water partition coefficient (Wildman–Crippen LogP) is 11.7. The molecule has 0 aromatic heterocycles. The molecule has 0 aliphatic heterocycles. The Balaban J connectivity index is 0.000000177. The molecule has 3 unspecified atom stereocenters. The molecule has 0 radical (unpaired) electrons. The van der Waals surface area contributed by atoms with E-state index in [0.717, 1.165) is 54.0 Å². The Morgan fingerprint density at radius 2 is 1.29 bits per heavy atom. The minimum absolute atomic E-state index is 0.0334. The molecule has 7 heteroatoms. The summed E-state index contributed by atoms with van der Waals surface area (Å²) in [5.41, 5.74) is 2.86. The van der Waals surface area contributed by atoms with Crippen LogP contribution in [0.1, 0.15) is 118 Å². The highest BCUT2D eigenvalue weighted by molar-refractivity contribution is 5.95. The van der Waals surface area contributed by atoms with Crippen molar-refractivity contribution in [3.8, 4) is 16.9 Å². The monoisotopic (exact) mass is 748 g/mol. The smallest absolute Gasteiger partial charge is 0.373 e. The molecule has 0 N–H and O–H groups in total. The van der Waals surface area contributed by atoms with E-state index in [1.54, 1.807) is 0 Å². The molecule has 4 fully saturated rings. The zero-order valence-corrected chi connectivity index (χ0v) is 34.3. The first-order chi connectivity index (χ1) is 25.9. The highest BCUT2D eigenvalue weighted by atomic mass is 16.6. The fourth-order valence-electron chi connectivity index (χ4n) is 8.70. The number of hydrogen-bond acceptors (Lipinski definition) is 7. The van der Waals surface area contributed by atoms with Crippen LogP contribution < -0.4 is 4.74 Å². The maximum absolute atomic E-state index is 12.6. The number of hydrogen-bond donors (Lipinski definition) is 0. The molecule has 0 heterocycles. The van der Waals surface area contributed by atoms with E-state index in [0.29, 0.717) is 11.0 Å². The van der Waals surface area contributed by atoms with E-state index in [9.17, 15) is 9.59 Å². The lowest BCUT2D eigenvalue weighted by molar-refractivity contribution is -0.192. The maximum Gasteiger partial charge on any atom is 0.373 e. The Kier molecular flexibility index (Phi) is 14.3. The molecular weight excluding hydrogens is 689 g/mol. The second-order valence-corrected chi connectivity index (χ2v) is 17.9. The van der Waals surface area contributed by atoms with Crippen LogP contribution >= 0.6 is 0 Å². The molecule has 3 atom stereocenters. The zero-order valence-electron chi connectivity index (χ0n) is 34.3. The van der Waals surface area contributed by atoms with Crippen LogP contribution in [0.2, 0.25) is 0 Å². The molecule has 4 aromatic carbocycles. The molecule has 7 nitrogen and oxygen atoms in total. The summed E-state index contributed by atoms with van der Waals surface area (Å²) in [6, 6.07) is 32.2. The lowest BCUT2D eigenvalue weighted by atomic mass is 9.44. The number of rotatable bonds is 6. The fraction of sp³-hybridized carbons (Fsp3) is 0.479. The third-order valence-corrected chi connectivity index (χ3v) is 10.4. The molecule has 294 valence electrons. The molecule has 8 rings (SSSR count). The molecule has 4 saturated carbocycles. The van der Waals surface area contributed by atoms with E-state index >= 15 is 0 Å². The summed E-state index contributed by atoms with van der Waals surface area (Å²) in [6.07, 6.45) is 8.35. The predicted molar refractivity (Wildman–Crippen MR) is 217 cm³/mol. The van der Waals surface area contributed by atoms with Gasteiger partial charge in [0.25, 0.3) is 0 Å². The van der Waals surface area contributed by atoms with Crippen LogP contribution in [-0.4, -0.2) is 35.4 Å². The average Bonchev–Trinajstić information content (AvgIpc) is 3.10. The van der Waals surface area contributed by atoms with Crippen LogP contribution in [0.4, 0.5) is 0 Å². The lowest BCUT2D eigenvalue weighted by Crippen LogP contribution is -2.55. The number of carbonyl (C=O) groups is 2. The first-order valence-electron chi connectivity index (χ1n) is 19.6. The average molecular weight is 749 g/mol. The first-order valence-corrected chi connectivity index (χ1v) is 19.6. The molecule has 4 bridgehead atoms. The topological polar surface area (TPSA) is 96.0 Å². The van der Waals surface area contributed by atoms with Crippen LogP contribution in [-0.2, 0) is 23.9 Å². The molecule has 55 heavy (non-hydrogen) atoms. The van der Waals surface area contributed by atoms with Gasteiger partial charge in [0, 0.05) is 0 Å². The Labute approximate surface area is 328 Å². The van der Waals surface area contributed by atoms with Crippen molar-refractivity contribution in [2.45, 2.75) is 125 Å². The summed E-state index contributed by atoms with van der Waals surface area (Å²) in [4.78, 5) is 40.7. The summed E-state index contributed by atoms with van der Waals surface area (Å²) in [6.45, 7) is 18.4. The van der Waals surface area contributed by atoms with Crippen LogP contribution in [0, 0.1) is 22.7 Å². The van der Waals surface area contributed by atoms with Gasteiger partial charge in [-0.25, -0.2) is 4.79 Å². The quantitative estimate of drug-likeness (QED) is 0.181. The molecule has 0 saturated heterocycles. The van der Waals surface area contributed by atoms with E-state index in [4.69, 9.17) is 23.8 Å². The molecule has 4 aromatic rings. The van der Waals surface area contributed by atoms with Gasteiger partial charge in [0.15, 0.2) is 0 Å². The number of benzene rings is 4. The molecule has 4 aliphatic rings. The van der Waals surface area contributed by atoms with Crippen molar-refractivity contribution in [1.82, 2.24) is 0 Å². The van der Waals surface area contributed by atoms with Gasteiger partial charge in [-0.1, -0.05) is 86.6 Å². The van der Waals surface area contributed by atoms with Gasteiger partial charge in [-0.3, -0.25) is 4.79 Å². The third kappa shape index (κ3) is 12.7. The second kappa shape index (κ2) is 18.3. The summed E-state index contributed by atoms with van der Waals surface area (Å²) in [7, 11) is 0. The number of fused-ring (bicyclic) bond motifs is 1. The summed E-state index contributed by atoms with van der Waals surface area (Å²) < 4.78 is 16.8. The van der Waals surface area contributed by atoms with Crippen molar-refractivity contribution in [2.75, 3.05) is 0 Å². The SMILES string of the molecule is CC(C)(C)Oc1ccc(-c2ccccc2)cc1.CC12CC3CC(C1)CC(C(=O)OC(C)(C)C)(C3)C2.CCC(C)OC(=O)c1ccc2ccccc2c1.O=C=O. The minimum atomic E-state index is -0.346. The normalized spacial score (nSPS) is 22.6. The fourth-order valence-corrected chi connectivity index (χ4v) is 8.70.